The van der Waals surface area contributed by atoms with E-state index in [0.717, 1.165) is 28.2 Å². The molecule has 0 fully saturated rings. The quantitative estimate of drug-likeness (QED) is 0.371. The van der Waals surface area contributed by atoms with Gasteiger partial charge in [-0.25, -0.2) is 4.98 Å². The van der Waals surface area contributed by atoms with E-state index in [0.29, 0.717) is 36.5 Å². The van der Waals surface area contributed by atoms with Gasteiger partial charge in [-0.15, -0.1) is 10.2 Å². The first kappa shape index (κ1) is 19.7. The molecule has 160 valence electrons. The van der Waals surface area contributed by atoms with Crippen LogP contribution in [0.15, 0.2) is 71.5 Å². The predicted octanol–water partition coefficient (Wildman–Crippen LogP) is 4.73. The molecule has 5 aromatic rings. The Bertz CT molecular complexity index is 1360. The summed E-state index contributed by atoms with van der Waals surface area (Å²) in [6, 6.07) is 15.2. The van der Waals surface area contributed by atoms with Crippen LogP contribution in [0.1, 0.15) is 18.2 Å². The highest BCUT2D eigenvalue weighted by Gasteiger charge is 2.19. The topological polar surface area (TPSA) is 87.6 Å². The van der Waals surface area contributed by atoms with Crippen molar-refractivity contribution in [1.29, 1.82) is 0 Å². The van der Waals surface area contributed by atoms with E-state index in [2.05, 4.69) is 20.2 Å². The number of aryl methyl sites for hydroxylation is 1. The smallest absolute Gasteiger partial charge is 0.266 e. The summed E-state index contributed by atoms with van der Waals surface area (Å²) >= 11 is 0. The second-order valence-corrected chi connectivity index (χ2v) is 7.13. The van der Waals surface area contributed by atoms with Crippen LogP contribution in [0, 0.1) is 6.92 Å². The molecule has 1 aromatic carbocycles. The van der Waals surface area contributed by atoms with Crippen molar-refractivity contribution < 1.29 is 13.9 Å². The SMILES string of the molecule is CCOc1cc(-c2nnc(-c3c(C)nc4ccccn34)o2)ccc1OCc1cccnc1. The number of imidazole rings is 1. The van der Waals surface area contributed by atoms with E-state index in [1.807, 2.05) is 73.0 Å². The van der Waals surface area contributed by atoms with Gasteiger partial charge >= 0.3 is 0 Å². The molecule has 32 heavy (non-hydrogen) atoms. The Labute approximate surface area is 184 Å². The average molecular weight is 427 g/mol. The third-order valence-electron chi connectivity index (χ3n) is 4.94. The maximum atomic E-state index is 6.02. The number of benzene rings is 1. The van der Waals surface area contributed by atoms with E-state index in [9.17, 15) is 0 Å². The Balaban J connectivity index is 1.44. The van der Waals surface area contributed by atoms with E-state index >= 15 is 0 Å². The van der Waals surface area contributed by atoms with E-state index in [4.69, 9.17) is 13.9 Å². The maximum Gasteiger partial charge on any atom is 0.266 e. The maximum absolute atomic E-state index is 6.02. The third-order valence-corrected chi connectivity index (χ3v) is 4.94. The van der Waals surface area contributed by atoms with Gasteiger partial charge < -0.3 is 13.9 Å². The standard InChI is InChI=1S/C24H21N5O3/c1-3-30-20-13-18(9-10-19(20)31-15-17-7-6-11-25-14-17)23-27-28-24(32-23)22-16(2)26-21-8-4-5-12-29(21)22/h4-14H,3,15H2,1-2H3. The zero-order valence-corrected chi connectivity index (χ0v) is 17.7. The minimum Gasteiger partial charge on any atom is -0.490 e. The first-order chi connectivity index (χ1) is 15.7. The molecule has 0 atom stereocenters. The summed E-state index contributed by atoms with van der Waals surface area (Å²) in [5.74, 6) is 2.05. The Hall–Kier alpha value is -4.20. The lowest BCUT2D eigenvalue weighted by Gasteiger charge is -2.12. The fourth-order valence-electron chi connectivity index (χ4n) is 3.48. The molecule has 8 heteroatoms. The largest absolute Gasteiger partial charge is 0.490 e. The highest BCUT2D eigenvalue weighted by Crippen LogP contribution is 2.34. The summed E-state index contributed by atoms with van der Waals surface area (Å²) in [5.41, 5.74) is 4.14. The minimum atomic E-state index is 0.394. The molecule has 0 N–H and O–H groups in total. The molecular weight excluding hydrogens is 406 g/mol. The van der Waals surface area contributed by atoms with Crippen LogP contribution in [0.4, 0.5) is 0 Å². The summed E-state index contributed by atoms with van der Waals surface area (Å²) < 4.78 is 19.7. The van der Waals surface area contributed by atoms with Crippen molar-refractivity contribution in [2.45, 2.75) is 20.5 Å². The van der Waals surface area contributed by atoms with Crippen molar-refractivity contribution in [3.8, 4) is 34.5 Å². The van der Waals surface area contributed by atoms with Crippen LogP contribution in [0.3, 0.4) is 0 Å². The molecule has 0 saturated carbocycles. The third kappa shape index (κ3) is 3.78. The number of rotatable bonds is 7. The second kappa shape index (κ2) is 8.50. The van der Waals surface area contributed by atoms with Crippen LogP contribution in [0.2, 0.25) is 0 Å². The molecule has 8 nitrogen and oxygen atoms in total. The van der Waals surface area contributed by atoms with E-state index < -0.39 is 0 Å². The zero-order valence-electron chi connectivity index (χ0n) is 17.7. The Kier molecular flexibility index (Phi) is 5.25. The van der Waals surface area contributed by atoms with Gasteiger partial charge in [-0.2, -0.15) is 0 Å². The normalized spacial score (nSPS) is 11.1. The lowest BCUT2D eigenvalue weighted by atomic mass is 10.2. The Morgan fingerprint density at radius 1 is 0.969 bits per heavy atom. The molecule has 0 aliphatic carbocycles. The highest BCUT2D eigenvalue weighted by molar-refractivity contribution is 5.63. The van der Waals surface area contributed by atoms with Gasteiger partial charge in [0.25, 0.3) is 5.89 Å². The summed E-state index contributed by atoms with van der Waals surface area (Å²) in [5, 5.41) is 8.52. The molecule has 0 bridgehead atoms. The fourth-order valence-corrected chi connectivity index (χ4v) is 3.48. The second-order valence-electron chi connectivity index (χ2n) is 7.13. The van der Waals surface area contributed by atoms with Crippen molar-refractivity contribution in [3.05, 3.63) is 78.4 Å². The number of hydrogen-bond acceptors (Lipinski definition) is 7. The molecule has 4 heterocycles. The predicted molar refractivity (Wildman–Crippen MR) is 118 cm³/mol. The molecule has 0 radical (unpaired) electrons. The zero-order chi connectivity index (χ0) is 21.9. The number of pyridine rings is 2. The van der Waals surface area contributed by atoms with Crippen LogP contribution in [0.25, 0.3) is 28.7 Å². The average Bonchev–Trinajstić information content (AvgIpc) is 3.42. The van der Waals surface area contributed by atoms with Crippen molar-refractivity contribution >= 4 is 5.65 Å². The summed E-state index contributed by atoms with van der Waals surface area (Å²) in [4.78, 5) is 8.67. The van der Waals surface area contributed by atoms with E-state index in [1.54, 1.807) is 12.4 Å². The number of hydrogen-bond donors (Lipinski definition) is 0. The monoisotopic (exact) mass is 427 g/mol. The van der Waals surface area contributed by atoms with Crippen LogP contribution < -0.4 is 9.47 Å². The molecule has 0 amide bonds. The summed E-state index contributed by atoms with van der Waals surface area (Å²) in [7, 11) is 0. The van der Waals surface area contributed by atoms with Gasteiger partial charge in [0.15, 0.2) is 11.5 Å². The number of ether oxygens (including phenoxy) is 2. The Morgan fingerprint density at radius 3 is 2.72 bits per heavy atom. The molecule has 0 saturated heterocycles. The molecule has 4 aromatic heterocycles. The first-order valence-corrected chi connectivity index (χ1v) is 10.3. The Morgan fingerprint density at radius 2 is 1.88 bits per heavy atom. The van der Waals surface area contributed by atoms with Gasteiger partial charge in [-0.3, -0.25) is 9.38 Å². The van der Waals surface area contributed by atoms with Gasteiger partial charge in [-0.1, -0.05) is 12.1 Å². The van der Waals surface area contributed by atoms with Crippen molar-refractivity contribution in [2.24, 2.45) is 0 Å². The first-order valence-electron chi connectivity index (χ1n) is 10.3. The van der Waals surface area contributed by atoms with Gasteiger partial charge in [-0.05, 0) is 50.2 Å². The molecule has 0 aliphatic rings. The van der Waals surface area contributed by atoms with Gasteiger partial charge in [0.05, 0.1) is 12.3 Å². The molecular formula is C24H21N5O3. The molecule has 0 aliphatic heterocycles. The van der Waals surface area contributed by atoms with Crippen LogP contribution in [-0.2, 0) is 6.61 Å². The van der Waals surface area contributed by atoms with Crippen molar-refractivity contribution in [3.63, 3.8) is 0 Å². The molecule has 5 rings (SSSR count). The summed E-state index contributed by atoms with van der Waals surface area (Å²) in [6.07, 6.45) is 5.43. The lowest BCUT2D eigenvalue weighted by Crippen LogP contribution is -2.00. The summed E-state index contributed by atoms with van der Waals surface area (Å²) in [6.45, 7) is 4.75. The van der Waals surface area contributed by atoms with Gasteiger partial charge in [0, 0.05) is 29.7 Å². The molecule has 0 spiro atoms. The van der Waals surface area contributed by atoms with Crippen molar-refractivity contribution in [1.82, 2.24) is 24.6 Å². The van der Waals surface area contributed by atoms with Crippen molar-refractivity contribution in [2.75, 3.05) is 6.61 Å². The van der Waals surface area contributed by atoms with E-state index in [-0.39, 0.29) is 0 Å². The van der Waals surface area contributed by atoms with Crippen LogP contribution in [-0.4, -0.2) is 31.2 Å². The van der Waals surface area contributed by atoms with Gasteiger partial charge in [0.1, 0.15) is 17.9 Å². The van der Waals surface area contributed by atoms with E-state index in [1.165, 1.54) is 0 Å². The fraction of sp³-hybridized carbons (Fsp3) is 0.167. The minimum absolute atomic E-state index is 0.394. The number of nitrogens with zero attached hydrogens (tertiary/aromatic N) is 5. The van der Waals surface area contributed by atoms with Gasteiger partial charge in [0.2, 0.25) is 5.89 Å². The van der Waals surface area contributed by atoms with Crippen LogP contribution >= 0.6 is 0 Å². The highest BCUT2D eigenvalue weighted by atomic mass is 16.5. The molecule has 0 unspecified atom stereocenters. The number of fused-ring (bicyclic) bond motifs is 1. The lowest BCUT2D eigenvalue weighted by molar-refractivity contribution is 0.269. The number of aromatic nitrogens is 5. The van der Waals surface area contributed by atoms with Crippen LogP contribution in [0.5, 0.6) is 11.5 Å².